The van der Waals surface area contributed by atoms with Crippen LogP contribution in [0.15, 0.2) is 72.2 Å². The lowest BCUT2D eigenvalue weighted by molar-refractivity contribution is 0.0955. The molecule has 0 radical (unpaired) electrons. The summed E-state index contributed by atoms with van der Waals surface area (Å²) in [7, 11) is 0. The van der Waals surface area contributed by atoms with Crippen LogP contribution in [-0.2, 0) is 0 Å². The number of carbonyl (C=O) groups excluding carboxylic acids is 1. The molecule has 0 bridgehead atoms. The van der Waals surface area contributed by atoms with Crippen molar-refractivity contribution in [2.24, 2.45) is 5.41 Å². The molecule has 26 heavy (non-hydrogen) atoms. The van der Waals surface area contributed by atoms with E-state index in [4.69, 9.17) is 0 Å². The first-order valence-corrected chi connectivity index (χ1v) is 9.83. The Morgan fingerprint density at radius 3 is 2.62 bits per heavy atom. The molecule has 3 rings (SSSR count). The van der Waals surface area contributed by atoms with E-state index in [2.05, 4.69) is 80.7 Å². The minimum absolute atomic E-state index is 0.00613. The van der Waals surface area contributed by atoms with Crippen molar-refractivity contribution in [3.8, 4) is 0 Å². The number of hydrogen-bond donors (Lipinski definition) is 1. The molecule has 1 aromatic carbocycles. The van der Waals surface area contributed by atoms with Crippen molar-refractivity contribution in [2.75, 3.05) is 6.54 Å². The fourth-order valence-electron chi connectivity index (χ4n) is 2.87. The third-order valence-electron chi connectivity index (χ3n) is 4.62. The molecule has 0 saturated heterocycles. The first kappa shape index (κ1) is 18.4. The average Bonchev–Trinajstić information content (AvgIpc) is 3.11. The second kappa shape index (κ2) is 7.88. The molecule has 2 nitrogen and oxygen atoms in total. The highest BCUT2D eigenvalue weighted by Crippen LogP contribution is 2.27. The zero-order valence-electron chi connectivity index (χ0n) is 15.5. The minimum Gasteiger partial charge on any atom is -0.351 e. The average molecular weight is 364 g/mol. The molecule has 1 unspecified atom stereocenters. The van der Waals surface area contributed by atoms with Gasteiger partial charge >= 0.3 is 0 Å². The number of thiophene rings is 1. The van der Waals surface area contributed by atoms with Crippen molar-refractivity contribution in [1.82, 2.24) is 5.32 Å². The molecule has 0 saturated carbocycles. The number of amides is 1. The van der Waals surface area contributed by atoms with Gasteiger partial charge in [-0.3, -0.25) is 4.79 Å². The van der Waals surface area contributed by atoms with Crippen LogP contribution in [0.1, 0.15) is 47.5 Å². The lowest BCUT2D eigenvalue weighted by Gasteiger charge is -2.14. The van der Waals surface area contributed by atoms with Crippen molar-refractivity contribution in [2.45, 2.75) is 26.7 Å². The Morgan fingerprint density at radius 1 is 1.15 bits per heavy atom. The van der Waals surface area contributed by atoms with Gasteiger partial charge in [0.1, 0.15) is 0 Å². The second-order valence-corrected chi connectivity index (χ2v) is 8.29. The Hall–Kier alpha value is -2.39. The molecule has 0 fully saturated rings. The van der Waals surface area contributed by atoms with Crippen molar-refractivity contribution < 1.29 is 4.79 Å². The summed E-state index contributed by atoms with van der Waals surface area (Å²) in [5.41, 5.74) is 3.75. The zero-order chi connectivity index (χ0) is 18.6. The zero-order valence-corrected chi connectivity index (χ0v) is 16.3. The highest BCUT2D eigenvalue weighted by atomic mass is 32.1. The van der Waals surface area contributed by atoms with Gasteiger partial charge in [-0.15, -0.1) is 11.3 Å². The molecule has 1 aliphatic rings. The lowest BCUT2D eigenvalue weighted by Crippen LogP contribution is -2.26. The fourth-order valence-corrected chi connectivity index (χ4v) is 3.51. The Bertz CT molecular complexity index is 839. The van der Waals surface area contributed by atoms with E-state index in [0.717, 1.165) is 4.88 Å². The van der Waals surface area contributed by atoms with E-state index in [1.54, 1.807) is 0 Å². The van der Waals surface area contributed by atoms with Gasteiger partial charge < -0.3 is 5.32 Å². The normalized spacial score (nSPS) is 16.7. The molecule has 1 N–H and O–H groups in total. The SMILES string of the molecule is CC(CNC(=O)c1cccs1)c1ccc(C2=CC=CC(C)(C)C=C2)cc1. The van der Waals surface area contributed by atoms with Crippen molar-refractivity contribution in [3.63, 3.8) is 0 Å². The standard InChI is InChI=1S/C23H25NOS/c1-17(16-24-22(25)21-7-5-15-26-21)18-8-10-20(11-9-18)19-6-4-13-23(2,3)14-12-19/h4-15,17H,16H2,1-3H3,(H,24,25). The van der Waals surface area contributed by atoms with Gasteiger partial charge in [-0.05, 0) is 34.1 Å². The highest BCUT2D eigenvalue weighted by Gasteiger charge is 2.12. The topological polar surface area (TPSA) is 29.1 Å². The molecule has 0 spiro atoms. The van der Waals surface area contributed by atoms with Crippen molar-refractivity contribution in [3.05, 3.63) is 88.2 Å². The van der Waals surface area contributed by atoms with Crippen LogP contribution in [0.4, 0.5) is 0 Å². The Labute approximate surface area is 160 Å². The summed E-state index contributed by atoms with van der Waals surface area (Å²) in [6, 6.07) is 12.4. The number of carbonyl (C=O) groups is 1. The third-order valence-corrected chi connectivity index (χ3v) is 5.49. The summed E-state index contributed by atoms with van der Waals surface area (Å²) >= 11 is 1.47. The Morgan fingerprint density at radius 2 is 1.92 bits per heavy atom. The van der Waals surface area contributed by atoms with Gasteiger partial charge in [0.15, 0.2) is 0 Å². The second-order valence-electron chi connectivity index (χ2n) is 7.35. The summed E-state index contributed by atoms with van der Waals surface area (Å²) in [6.07, 6.45) is 10.9. The van der Waals surface area contributed by atoms with Crippen molar-refractivity contribution in [1.29, 1.82) is 0 Å². The van der Waals surface area contributed by atoms with Gasteiger partial charge in [0.25, 0.3) is 5.91 Å². The van der Waals surface area contributed by atoms with E-state index in [9.17, 15) is 4.79 Å². The van der Waals surface area contributed by atoms with Gasteiger partial charge in [0.05, 0.1) is 4.88 Å². The van der Waals surface area contributed by atoms with E-state index in [1.165, 1.54) is 28.0 Å². The molecule has 2 aromatic rings. The monoisotopic (exact) mass is 363 g/mol. The van der Waals surface area contributed by atoms with Crippen LogP contribution in [0.25, 0.3) is 5.57 Å². The summed E-state index contributed by atoms with van der Waals surface area (Å²) in [4.78, 5) is 12.8. The molecule has 1 atom stereocenters. The van der Waals surface area contributed by atoms with Crippen LogP contribution in [-0.4, -0.2) is 12.5 Å². The maximum atomic E-state index is 12.1. The first-order valence-electron chi connectivity index (χ1n) is 8.95. The molecule has 1 heterocycles. The van der Waals surface area contributed by atoms with Crippen LogP contribution < -0.4 is 5.32 Å². The number of benzene rings is 1. The molecule has 3 heteroatoms. The van der Waals surface area contributed by atoms with E-state index < -0.39 is 0 Å². The van der Waals surface area contributed by atoms with E-state index in [1.807, 2.05) is 17.5 Å². The predicted octanol–water partition coefficient (Wildman–Crippen LogP) is 5.82. The highest BCUT2D eigenvalue weighted by molar-refractivity contribution is 7.12. The van der Waals surface area contributed by atoms with Crippen molar-refractivity contribution >= 4 is 22.8 Å². The van der Waals surface area contributed by atoms with Crippen LogP contribution in [0.5, 0.6) is 0 Å². The lowest BCUT2D eigenvalue weighted by atomic mass is 9.92. The first-order chi connectivity index (χ1) is 12.4. The summed E-state index contributed by atoms with van der Waals surface area (Å²) in [5, 5.41) is 4.94. The number of hydrogen-bond acceptors (Lipinski definition) is 2. The summed E-state index contributed by atoms with van der Waals surface area (Å²) in [5.74, 6) is 0.275. The molecular weight excluding hydrogens is 338 g/mol. The Kier molecular flexibility index (Phi) is 5.58. The maximum absolute atomic E-state index is 12.1. The van der Waals surface area contributed by atoms with Crippen LogP contribution >= 0.6 is 11.3 Å². The van der Waals surface area contributed by atoms with Gasteiger partial charge in [-0.2, -0.15) is 0 Å². The van der Waals surface area contributed by atoms with Gasteiger partial charge in [-0.1, -0.05) is 81.5 Å². The molecule has 0 aliphatic heterocycles. The largest absolute Gasteiger partial charge is 0.351 e. The number of rotatable bonds is 5. The number of nitrogens with one attached hydrogen (secondary N) is 1. The molecular formula is C23H25NOS. The predicted molar refractivity (Wildman–Crippen MR) is 112 cm³/mol. The van der Waals surface area contributed by atoms with E-state index in [-0.39, 0.29) is 17.2 Å². The summed E-state index contributed by atoms with van der Waals surface area (Å²) in [6.45, 7) is 7.17. The summed E-state index contributed by atoms with van der Waals surface area (Å²) < 4.78 is 0. The number of allylic oxidation sites excluding steroid dienone is 6. The van der Waals surface area contributed by atoms with E-state index >= 15 is 0 Å². The Balaban J connectivity index is 1.63. The van der Waals surface area contributed by atoms with Crippen LogP contribution in [0.3, 0.4) is 0 Å². The maximum Gasteiger partial charge on any atom is 0.261 e. The quantitative estimate of drug-likeness (QED) is 0.713. The fraction of sp³-hybridized carbons (Fsp3) is 0.261. The third kappa shape index (κ3) is 4.61. The molecule has 1 aromatic heterocycles. The van der Waals surface area contributed by atoms with E-state index in [0.29, 0.717) is 6.54 Å². The molecule has 134 valence electrons. The molecule has 1 aliphatic carbocycles. The molecule has 1 amide bonds. The smallest absolute Gasteiger partial charge is 0.261 e. The minimum atomic E-state index is 0.00613. The van der Waals surface area contributed by atoms with Gasteiger partial charge in [0, 0.05) is 12.0 Å². The van der Waals surface area contributed by atoms with Gasteiger partial charge in [-0.25, -0.2) is 0 Å². The van der Waals surface area contributed by atoms with Crippen LogP contribution in [0, 0.1) is 5.41 Å². The van der Waals surface area contributed by atoms with Gasteiger partial charge in [0.2, 0.25) is 0 Å². The van der Waals surface area contributed by atoms with Crippen LogP contribution in [0.2, 0.25) is 0 Å².